The Morgan fingerprint density at radius 2 is 2.12 bits per heavy atom. The fourth-order valence-electron chi connectivity index (χ4n) is 2.20. The van der Waals surface area contributed by atoms with Gasteiger partial charge in [-0.1, -0.05) is 6.42 Å². The second kappa shape index (κ2) is 5.71. The first kappa shape index (κ1) is 12.7. The van der Waals surface area contributed by atoms with Crippen LogP contribution >= 0.6 is 0 Å². The Morgan fingerprint density at radius 3 is 2.65 bits per heavy atom. The number of nitrogens with zero attached hydrogens (tertiary/aromatic N) is 2. The van der Waals surface area contributed by atoms with Crippen LogP contribution in [0.3, 0.4) is 0 Å². The largest absolute Gasteiger partial charge is 0.370 e. The molecule has 0 radical (unpaired) electrons. The minimum Gasteiger partial charge on any atom is -0.370 e. The zero-order valence-electron chi connectivity index (χ0n) is 11.2. The quantitative estimate of drug-likeness (QED) is 0.539. The highest BCUT2D eigenvalue weighted by Gasteiger charge is 2.28. The van der Waals surface area contributed by atoms with Gasteiger partial charge in [-0.15, -0.1) is 0 Å². The fourth-order valence-corrected chi connectivity index (χ4v) is 2.20. The van der Waals surface area contributed by atoms with Gasteiger partial charge in [-0.05, 0) is 45.6 Å². The summed E-state index contributed by atoms with van der Waals surface area (Å²) in [4.78, 5) is 6.85. The van der Waals surface area contributed by atoms with Crippen LogP contribution in [-0.4, -0.2) is 43.1 Å². The molecule has 0 aliphatic heterocycles. The molecule has 1 atom stereocenters. The number of likely N-dealkylation sites (N-methyl/N-ethyl adjacent to an activating group) is 1. The van der Waals surface area contributed by atoms with E-state index < -0.39 is 0 Å². The molecule has 0 aromatic rings. The van der Waals surface area contributed by atoms with Crippen LogP contribution in [0.15, 0.2) is 4.99 Å². The van der Waals surface area contributed by atoms with Crippen molar-refractivity contribution in [3.63, 3.8) is 0 Å². The average molecular weight is 238 g/mol. The normalized spacial score (nSPS) is 23.6. The second-order valence-electron chi connectivity index (χ2n) is 5.65. The molecule has 0 heterocycles. The third-order valence-corrected chi connectivity index (χ3v) is 4.14. The molecule has 2 fully saturated rings. The van der Waals surface area contributed by atoms with Crippen LogP contribution in [0.4, 0.5) is 0 Å². The highest BCUT2D eigenvalue weighted by atomic mass is 15.2. The van der Waals surface area contributed by atoms with Gasteiger partial charge in [0.25, 0.3) is 0 Å². The summed E-state index contributed by atoms with van der Waals surface area (Å²) in [5, 5.41) is 3.23. The number of rotatable bonds is 6. The number of hydrogen-bond donors (Lipinski definition) is 2. The van der Waals surface area contributed by atoms with E-state index in [1.165, 1.54) is 32.1 Å². The summed E-state index contributed by atoms with van der Waals surface area (Å²) in [6, 6.07) is 1.29. The molecule has 0 aromatic heterocycles. The van der Waals surface area contributed by atoms with E-state index in [2.05, 4.69) is 29.2 Å². The van der Waals surface area contributed by atoms with E-state index in [9.17, 15) is 0 Å². The lowest BCUT2D eigenvalue weighted by molar-refractivity contribution is 0.253. The average Bonchev–Trinajstić information content (AvgIpc) is 3.06. The Hall–Kier alpha value is -0.770. The van der Waals surface area contributed by atoms with Crippen LogP contribution in [0.25, 0.3) is 0 Å². The van der Waals surface area contributed by atoms with E-state index in [4.69, 9.17) is 5.73 Å². The highest BCUT2D eigenvalue weighted by Crippen LogP contribution is 2.27. The Bertz CT molecular complexity index is 269. The lowest BCUT2D eigenvalue weighted by atomic mass is 9.85. The smallest absolute Gasteiger partial charge is 0.188 e. The van der Waals surface area contributed by atoms with Crippen LogP contribution in [0, 0.1) is 5.92 Å². The minimum absolute atomic E-state index is 0.492. The maximum atomic E-state index is 5.86. The van der Waals surface area contributed by atoms with E-state index in [1.807, 2.05) is 0 Å². The molecule has 2 aliphatic carbocycles. The summed E-state index contributed by atoms with van der Waals surface area (Å²) in [5.41, 5.74) is 5.86. The first-order chi connectivity index (χ1) is 8.16. The number of aliphatic imine (C=N–C) groups is 1. The summed E-state index contributed by atoms with van der Waals surface area (Å²) in [6.45, 7) is 4.03. The zero-order valence-corrected chi connectivity index (χ0v) is 11.2. The number of nitrogens with two attached hydrogens (primary N) is 1. The van der Waals surface area contributed by atoms with Crippen LogP contribution in [-0.2, 0) is 0 Å². The van der Waals surface area contributed by atoms with E-state index in [1.54, 1.807) is 0 Å². The SMILES string of the molecule is CC(CN=C(N)NCC1CCC1)N(C)C1CC1. The number of nitrogens with one attached hydrogen (secondary N) is 1. The van der Waals surface area contributed by atoms with E-state index in [0.29, 0.717) is 12.0 Å². The minimum atomic E-state index is 0.492. The number of hydrogen-bond acceptors (Lipinski definition) is 2. The van der Waals surface area contributed by atoms with Gasteiger partial charge in [-0.2, -0.15) is 0 Å². The van der Waals surface area contributed by atoms with Gasteiger partial charge in [0.1, 0.15) is 0 Å². The lowest BCUT2D eigenvalue weighted by Crippen LogP contribution is -2.39. The molecule has 0 amide bonds. The molecular formula is C13H26N4. The lowest BCUT2D eigenvalue weighted by Gasteiger charge is -2.26. The van der Waals surface area contributed by atoms with Crippen LogP contribution < -0.4 is 11.1 Å². The summed E-state index contributed by atoms with van der Waals surface area (Å²) >= 11 is 0. The molecule has 2 aliphatic rings. The van der Waals surface area contributed by atoms with Crippen LogP contribution in [0.2, 0.25) is 0 Å². The zero-order chi connectivity index (χ0) is 12.3. The van der Waals surface area contributed by atoms with Gasteiger partial charge >= 0.3 is 0 Å². The Morgan fingerprint density at radius 1 is 1.41 bits per heavy atom. The summed E-state index contributed by atoms with van der Waals surface area (Å²) in [5.74, 6) is 1.45. The van der Waals surface area contributed by atoms with E-state index >= 15 is 0 Å². The molecule has 4 heteroatoms. The van der Waals surface area contributed by atoms with Crippen molar-refractivity contribution in [1.82, 2.24) is 10.2 Å². The van der Waals surface area contributed by atoms with Gasteiger partial charge in [0.2, 0.25) is 0 Å². The van der Waals surface area contributed by atoms with Gasteiger partial charge in [0, 0.05) is 18.6 Å². The summed E-state index contributed by atoms with van der Waals surface area (Å²) in [7, 11) is 2.19. The number of guanidine groups is 1. The van der Waals surface area contributed by atoms with Crippen LogP contribution in [0.1, 0.15) is 39.0 Å². The molecule has 0 bridgehead atoms. The molecular weight excluding hydrogens is 212 g/mol. The van der Waals surface area contributed by atoms with Gasteiger partial charge < -0.3 is 11.1 Å². The van der Waals surface area contributed by atoms with Crippen molar-refractivity contribution in [2.24, 2.45) is 16.6 Å². The van der Waals surface area contributed by atoms with Crippen molar-refractivity contribution >= 4 is 5.96 Å². The molecule has 1 unspecified atom stereocenters. The third kappa shape index (κ3) is 3.87. The maximum absolute atomic E-state index is 5.86. The van der Waals surface area contributed by atoms with Gasteiger partial charge in [-0.25, -0.2) is 0 Å². The first-order valence-corrected chi connectivity index (χ1v) is 6.92. The predicted octanol–water partition coefficient (Wildman–Crippen LogP) is 1.17. The molecule has 2 saturated carbocycles. The fraction of sp³-hybridized carbons (Fsp3) is 0.923. The molecule has 4 nitrogen and oxygen atoms in total. The molecule has 98 valence electrons. The second-order valence-corrected chi connectivity index (χ2v) is 5.65. The Balaban J connectivity index is 1.63. The van der Waals surface area contributed by atoms with Gasteiger partial charge in [-0.3, -0.25) is 9.89 Å². The van der Waals surface area contributed by atoms with E-state index in [-0.39, 0.29) is 0 Å². The summed E-state index contributed by atoms with van der Waals surface area (Å²) in [6.07, 6.45) is 6.77. The molecule has 3 N–H and O–H groups in total. The van der Waals surface area contributed by atoms with Crippen molar-refractivity contribution in [2.45, 2.75) is 51.1 Å². The third-order valence-electron chi connectivity index (χ3n) is 4.14. The van der Waals surface area contributed by atoms with Crippen molar-refractivity contribution in [3.8, 4) is 0 Å². The van der Waals surface area contributed by atoms with E-state index in [0.717, 1.165) is 25.0 Å². The van der Waals surface area contributed by atoms with Crippen molar-refractivity contribution in [2.75, 3.05) is 20.1 Å². The molecule has 0 spiro atoms. The first-order valence-electron chi connectivity index (χ1n) is 6.92. The monoisotopic (exact) mass is 238 g/mol. The van der Waals surface area contributed by atoms with Crippen molar-refractivity contribution in [3.05, 3.63) is 0 Å². The summed E-state index contributed by atoms with van der Waals surface area (Å²) < 4.78 is 0. The molecule has 17 heavy (non-hydrogen) atoms. The van der Waals surface area contributed by atoms with Gasteiger partial charge in [0.05, 0.1) is 6.54 Å². The molecule has 0 aromatic carbocycles. The van der Waals surface area contributed by atoms with Gasteiger partial charge in [0.15, 0.2) is 5.96 Å². The van der Waals surface area contributed by atoms with Crippen molar-refractivity contribution in [1.29, 1.82) is 0 Å². The van der Waals surface area contributed by atoms with Crippen LogP contribution in [0.5, 0.6) is 0 Å². The Kier molecular flexibility index (Phi) is 4.26. The molecule has 2 rings (SSSR count). The predicted molar refractivity (Wildman–Crippen MR) is 72.1 cm³/mol. The topological polar surface area (TPSA) is 53.6 Å². The standard InChI is InChI=1S/C13H26N4/c1-10(17(2)12-6-7-12)8-15-13(14)16-9-11-4-3-5-11/h10-12H,3-9H2,1-2H3,(H3,14,15,16). The van der Waals surface area contributed by atoms with Crippen molar-refractivity contribution < 1.29 is 0 Å². The molecule has 0 saturated heterocycles. The Labute approximate surface area is 105 Å². The maximum Gasteiger partial charge on any atom is 0.188 e. The highest BCUT2D eigenvalue weighted by molar-refractivity contribution is 5.77.